The first-order valence-corrected chi connectivity index (χ1v) is 10.4. The summed E-state index contributed by atoms with van der Waals surface area (Å²) in [6.45, 7) is 10.4. The van der Waals surface area contributed by atoms with Gasteiger partial charge in [-0.3, -0.25) is 4.79 Å². The number of hydrogen-bond acceptors (Lipinski definition) is 3. The second kappa shape index (κ2) is 7.36. The zero-order chi connectivity index (χ0) is 18.9. The predicted octanol–water partition coefficient (Wildman–Crippen LogP) is 4.92. The van der Waals surface area contributed by atoms with Crippen LogP contribution in [0.15, 0.2) is 10.6 Å². The summed E-state index contributed by atoms with van der Waals surface area (Å²) in [5.74, 6) is 2.52. The van der Waals surface area contributed by atoms with E-state index in [2.05, 4.69) is 30.4 Å². The Bertz CT molecular complexity index is 620. The monoisotopic (exact) mass is 360 g/mol. The van der Waals surface area contributed by atoms with Crippen LogP contribution >= 0.6 is 0 Å². The second-order valence-electron chi connectivity index (χ2n) is 10.2. The number of rotatable bonds is 5. The number of nitrogens with zero attached hydrogens (tertiary/aromatic N) is 1. The highest BCUT2D eigenvalue weighted by atomic mass is 16.5. The van der Waals surface area contributed by atoms with Gasteiger partial charge >= 0.3 is 0 Å². The van der Waals surface area contributed by atoms with Crippen LogP contribution in [0.5, 0.6) is 0 Å². The molecule has 0 aromatic carbocycles. The van der Waals surface area contributed by atoms with Gasteiger partial charge in [-0.05, 0) is 30.1 Å². The molecule has 1 N–H and O–H groups in total. The maximum atomic E-state index is 12.3. The van der Waals surface area contributed by atoms with Crippen LogP contribution in [0.4, 0.5) is 0 Å². The Hall–Kier alpha value is -1.32. The van der Waals surface area contributed by atoms with E-state index in [0.29, 0.717) is 5.92 Å². The molecule has 0 aliphatic heterocycles. The normalized spacial score (nSPS) is 26.3. The third-order valence-electron chi connectivity index (χ3n) is 6.73. The fourth-order valence-corrected chi connectivity index (χ4v) is 4.46. The molecule has 0 saturated heterocycles. The summed E-state index contributed by atoms with van der Waals surface area (Å²) in [7, 11) is 0. The largest absolute Gasteiger partial charge is 0.361 e. The van der Waals surface area contributed by atoms with E-state index in [1.807, 2.05) is 20.8 Å². The predicted molar refractivity (Wildman–Crippen MR) is 104 cm³/mol. The first-order chi connectivity index (χ1) is 12.2. The lowest BCUT2D eigenvalue weighted by Crippen LogP contribution is -2.60. The smallest absolute Gasteiger partial charge is 0.225 e. The van der Waals surface area contributed by atoms with Gasteiger partial charge in [0, 0.05) is 23.9 Å². The van der Waals surface area contributed by atoms with Crippen molar-refractivity contribution in [3.05, 3.63) is 17.5 Å². The molecule has 3 rings (SSSR count). The van der Waals surface area contributed by atoms with Gasteiger partial charge in [-0.2, -0.15) is 0 Å². The lowest BCUT2D eigenvalue weighted by Gasteiger charge is -2.52. The van der Waals surface area contributed by atoms with Crippen molar-refractivity contribution in [1.82, 2.24) is 10.5 Å². The Kier molecular flexibility index (Phi) is 5.50. The first kappa shape index (κ1) is 19.4. The van der Waals surface area contributed by atoms with E-state index in [9.17, 15) is 4.79 Å². The molecule has 26 heavy (non-hydrogen) atoms. The average molecular weight is 361 g/mol. The molecule has 2 saturated carbocycles. The van der Waals surface area contributed by atoms with Crippen molar-refractivity contribution in [2.75, 3.05) is 0 Å². The van der Waals surface area contributed by atoms with Gasteiger partial charge in [0.05, 0.1) is 5.69 Å². The van der Waals surface area contributed by atoms with Gasteiger partial charge in [0.25, 0.3) is 0 Å². The summed E-state index contributed by atoms with van der Waals surface area (Å²) in [4.78, 5) is 12.3. The Morgan fingerprint density at radius 2 is 1.92 bits per heavy atom. The quantitative estimate of drug-likeness (QED) is 0.811. The van der Waals surface area contributed by atoms with E-state index < -0.39 is 0 Å². The van der Waals surface area contributed by atoms with Crippen molar-refractivity contribution in [3.8, 4) is 0 Å². The van der Waals surface area contributed by atoms with Crippen LogP contribution in [0.3, 0.4) is 0 Å². The van der Waals surface area contributed by atoms with E-state index in [1.165, 1.54) is 32.1 Å². The molecule has 2 unspecified atom stereocenters. The highest BCUT2D eigenvalue weighted by Gasteiger charge is 2.49. The van der Waals surface area contributed by atoms with Crippen molar-refractivity contribution >= 4 is 5.91 Å². The van der Waals surface area contributed by atoms with Crippen LogP contribution in [0.2, 0.25) is 0 Å². The van der Waals surface area contributed by atoms with Crippen LogP contribution in [0, 0.1) is 22.7 Å². The Labute approximate surface area is 158 Å². The molecule has 2 aliphatic carbocycles. The lowest BCUT2D eigenvalue weighted by atomic mass is 9.57. The Morgan fingerprint density at radius 3 is 2.54 bits per heavy atom. The number of nitrogens with one attached hydrogen (secondary N) is 1. The van der Waals surface area contributed by atoms with Crippen LogP contribution in [0.25, 0.3) is 0 Å². The number of carbonyl (C=O) groups is 1. The third kappa shape index (κ3) is 4.32. The molecular formula is C22H36N2O2. The minimum absolute atomic E-state index is 0.101. The minimum Gasteiger partial charge on any atom is -0.361 e. The minimum atomic E-state index is -0.332. The van der Waals surface area contributed by atoms with Crippen LogP contribution in [0.1, 0.15) is 84.6 Å². The van der Waals surface area contributed by atoms with Crippen molar-refractivity contribution < 1.29 is 9.32 Å². The van der Waals surface area contributed by atoms with E-state index in [4.69, 9.17) is 4.52 Å². The number of hydrogen-bond donors (Lipinski definition) is 1. The summed E-state index contributed by atoms with van der Waals surface area (Å²) < 4.78 is 5.62. The highest BCUT2D eigenvalue weighted by Crippen LogP contribution is 2.48. The molecule has 1 aromatic heterocycles. The van der Waals surface area contributed by atoms with Crippen molar-refractivity contribution in [2.45, 2.75) is 92.0 Å². The summed E-state index contributed by atoms with van der Waals surface area (Å²) in [5, 5.41) is 7.57. The van der Waals surface area contributed by atoms with Crippen molar-refractivity contribution in [3.63, 3.8) is 0 Å². The lowest BCUT2D eigenvalue weighted by molar-refractivity contribution is -0.133. The van der Waals surface area contributed by atoms with Gasteiger partial charge < -0.3 is 9.84 Å². The Morgan fingerprint density at radius 1 is 1.23 bits per heavy atom. The van der Waals surface area contributed by atoms with Crippen molar-refractivity contribution in [1.29, 1.82) is 0 Å². The fourth-order valence-electron chi connectivity index (χ4n) is 4.46. The molecule has 146 valence electrons. The SMILES string of the molecule is CC(C)(C)C(=O)NC1CC(Cc2cc(CC3CCCCC3)on2)C1(C)C. The molecule has 0 radical (unpaired) electrons. The van der Waals surface area contributed by atoms with Gasteiger partial charge in [0.15, 0.2) is 0 Å². The number of carbonyl (C=O) groups excluding carboxylic acids is 1. The fraction of sp³-hybridized carbons (Fsp3) is 0.818. The van der Waals surface area contributed by atoms with Gasteiger partial charge in [0.1, 0.15) is 5.76 Å². The molecule has 1 aromatic rings. The average Bonchev–Trinajstić information content (AvgIpc) is 3.01. The maximum absolute atomic E-state index is 12.3. The van der Waals surface area contributed by atoms with Crippen LogP contribution < -0.4 is 5.32 Å². The molecule has 2 fully saturated rings. The van der Waals surface area contributed by atoms with E-state index in [-0.39, 0.29) is 22.8 Å². The molecule has 4 heteroatoms. The summed E-state index contributed by atoms with van der Waals surface area (Å²) in [5.41, 5.74) is 0.847. The first-order valence-electron chi connectivity index (χ1n) is 10.4. The number of aromatic nitrogens is 1. The van der Waals surface area contributed by atoms with Gasteiger partial charge in [-0.1, -0.05) is 71.9 Å². The molecular weight excluding hydrogens is 324 g/mol. The van der Waals surface area contributed by atoms with Crippen LogP contribution in [-0.4, -0.2) is 17.1 Å². The molecule has 1 amide bonds. The second-order valence-corrected chi connectivity index (χ2v) is 10.2. The summed E-state index contributed by atoms with van der Waals surface area (Å²) in [6.07, 6.45) is 9.81. The zero-order valence-corrected chi connectivity index (χ0v) is 17.2. The zero-order valence-electron chi connectivity index (χ0n) is 17.2. The summed E-state index contributed by atoms with van der Waals surface area (Å²) >= 11 is 0. The summed E-state index contributed by atoms with van der Waals surface area (Å²) in [6, 6.07) is 2.43. The molecule has 0 spiro atoms. The van der Waals surface area contributed by atoms with E-state index in [0.717, 1.165) is 36.6 Å². The molecule has 1 heterocycles. The molecule has 4 nitrogen and oxygen atoms in total. The van der Waals surface area contributed by atoms with E-state index >= 15 is 0 Å². The topological polar surface area (TPSA) is 55.1 Å². The third-order valence-corrected chi connectivity index (χ3v) is 6.73. The molecule has 2 aliphatic rings. The molecule has 0 bridgehead atoms. The van der Waals surface area contributed by atoms with Gasteiger partial charge in [0.2, 0.25) is 5.91 Å². The van der Waals surface area contributed by atoms with Gasteiger partial charge in [-0.25, -0.2) is 0 Å². The Balaban J connectivity index is 1.51. The van der Waals surface area contributed by atoms with Crippen LogP contribution in [-0.2, 0) is 17.6 Å². The molecule has 2 atom stereocenters. The van der Waals surface area contributed by atoms with Crippen molar-refractivity contribution in [2.24, 2.45) is 22.7 Å². The highest BCUT2D eigenvalue weighted by molar-refractivity contribution is 5.81. The maximum Gasteiger partial charge on any atom is 0.225 e. The number of amides is 1. The standard InChI is InChI=1S/C22H36N2O2/c1-21(2,3)20(25)23-19-13-16(22(19,4)5)12-17-14-18(26-24-17)11-15-9-7-6-8-10-15/h14-16,19H,6-13H2,1-5H3,(H,23,25). The van der Waals surface area contributed by atoms with Gasteiger partial charge in [-0.15, -0.1) is 0 Å². The van der Waals surface area contributed by atoms with E-state index in [1.54, 1.807) is 0 Å².